The number of H-pyrrole nitrogens is 1. The molecule has 0 saturated carbocycles. The number of fused-ring (bicyclic) bond motifs is 1. The highest BCUT2D eigenvalue weighted by Crippen LogP contribution is 2.29. The zero-order valence-electron chi connectivity index (χ0n) is 15.8. The van der Waals surface area contributed by atoms with Crippen molar-refractivity contribution in [2.45, 2.75) is 11.8 Å². The number of benzene rings is 2. The number of aromatic amines is 1. The first-order valence-electron chi connectivity index (χ1n) is 8.89. The number of nitrogens with one attached hydrogen (secondary N) is 2. The molecule has 2 heterocycles. The molecule has 4 rings (SSSR count). The predicted molar refractivity (Wildman–Crippen MR) is 115 cm³/mol. The van der Waals surface area contributed by atoms with Crippen molar-refractivity contribution < 1.29 is 13.2 Å². The Morgan fingerprint density at radius 2 is 1.97 bits per heavy atom. The van der Waals surface area contributed by atoms with Crippen molar-refractivity contribution in [2.75, 3.05) is 17.1 Å². The Labute approximate surface area is 177 Å². The van der Waals surface area contributed by atoms with Crippen molar-refractivity contribution in [3.63, 3.8) is 0 Å². The molecule has 2 aromatic heterocycles. The van der Waals surface area contributed by atoms with Crippen LogP contribution in [0.4, 0.5) is 11.5 Å². The summed E-state index contributed by atoms with van der Waals surface area (Å²) in [5, 5.41) is 6.69. The Bertz CT molecular complexity index is 1320. The van der Waals surface area contributed by atoms with Crippen LogP contribution in [0.2, 0.25) is 5.02 Å². The molecule has 0 amide bonds. The zero-order valence-corrected chi connectivity index (χ0v) is 17.3. The van der Waals surface area contributed by atoms with Gasteiger partial charge >= 0.3 is 0 Å². The number of halogens is 1. The van der Waals surface area contributed by atoms with Gasteiger partial charge in [0.2, 0.25) is 0 Å². The van der Waals surface area contributed by atoms with Crippen LogP contribution < -0.4 is 15.2 Å². The van der Waals surface area contributed by atoms with Crippen LogP contribution in [0.5, 0.6) is 5.75 Å². The highest BCUT2D eigenvalue weighted by atomic mass is 35.5. The van der Waals surface area contributed by atoms with E-state index in [2.05, 4.69) is 24.9 Å². The molecule has 4 aromatic rings. The average Bonchev–Trinajstić information content (AvgIpc) is 3.10. The van der Waals surface area contributed by atoms with Crippen molar-refractivity contribution in [1.29, 1.82) is 0 Å². The second-order valence-electron chi connectivity index (χ2n) is 6.27. The molecular weight excluding hydrogens is 428 g/mol. The molecule has 0 aliphatic carbocycles. The van der Waals surface area contributed by atoms with Gasteiger partial charge in [-0.3, -0.25) is 9.82 Å². The SMILES string of the molecule is CCOc1ccc(Cl)c(S(=O)(=O)Nc2ccc(-c3cnc4c(N)n[nH]c4n3)cc2)c1. The molecule has 0 fully saturated rings. The molecule has 30 heavy (non-hydrogen) atoms. The summed E-state index contributed by atoms with van der Waals surface area (Å²) in [6, 6.07) is 11.2. The van der Waals surface area contributed by atoms with Gasteiger partial charge in [-0.15, -0.1) is 0 Å². The van der Waals surface area contributed by atoms with Gasteiger partial charge in [0.25, 0.3) is 10.0 Å². The van der Waals surface area contributed by atoms with E-state index in [1.807, 2.05) is 6.92 Å². The van der Waals surface area contributed by atoms with Crippen molar-refractivity contribution in [3.8, 4) is 17.0 Å². The molecule has 0 atom stereocenters. The summed E-state index contributed by atoms with van der Waals surface area (Å²) in [4.78, 5) is 8.62. The van der Waals surface area contributed by atoms with Crippen LogP contribution in [0.25, 0.3) is 22.4 Å². The molecule has 0 unspecified atom stereocenters. The third kappa shape index (κ3) is 3.87. The summed E-state index contributed by atoms with van der Waals surface area (Å²) in [5.41, 5.74) is 8.38. The Balaban J connectivity index is 1.59. The average molecular weight is 445 g/mol. The van der Waals surface area contributed by atoms with Crippen LogP contribution in [0.15, 0.2) is 53.6 Å². The van der Waals surface area contributed by atoms with Crippen molar-refractivity contribution >= 4 is 44.3 Å². The van der Waals surface area contributed by atoms with E-state index in [1.54, 1.807) is 36.5 Å². The second kappa shape index (κ2) is 7.81. The van der Waals surface area contributed by atoms with E-state index in [-0.39, 0.29) is 15.7 Å². The lowest BCUT2D eigenvalue weighted by Gasteiger charge is -2.12. The lowest BCUT2D eigenvalue weighted by molar-refractivity contribution is 0.339. The van der Waals surface area contributed by atoms with Crippen LogP contribution in [-0.2, 0) is 10.0 Å². The normalized spacial score (nSPS) is 11.5. The third-order valence-corrected chi connectivity index (χ3v) is 6.10. The maximum Gasteiger partial charge on any atom is 0.263 e. The summed E-state index contributed by atoms with van der Waals surface area (Å²) < 4.78 is 33.5. The highest BCUT2D eigenvalue weighted by Gasteiger charge is 2.19. The Hall–Kier alpha value is -3.37. The quantitative estimate of drug-likeness (QED) is 0.414. The number of aromatic nitrogens is 4. The summed E-state index contributed by atoms with van der Waals surface area (Å²) in [7, 11) is -3.91. The number of nitrogens with zero attached hydrogens (tertiary/aromatic N) is 3. The summed E-state index contributed by atoms with van der Waals surface area (Å²) in [6.45, 7) is 2.22. The second-order valence-corrected chi connectivity index (χ2v) is 8.33. The van der Waals surface area contributed by atoms with Crippen LogP contribution >= 0.6 is 11.6 Å². The summed E-state index contributed by atoms with van der Waals surface area (Å²) in [5.74, 6) is 0.701. The van der Waals surface area contributed by atoms with E-state index < -0.39 is 10.0 Å². The topological polar surface area (TPSA) is 136 Å². The molecule has 0 aliphatic heterocycles. The van der Waals surface area contributed by atoms with E-state index in [4.69, 9.17) is 22.1 Å². The first-order chi connectivity index (χ1) is 14.4. The van der Waals surface area contributed by atoms with Gasteiger partial charge in [0.1, 0.15) is 10.6 Å². The standard InChI is InChI=1S/C19H17ClN6O3S/c1-2-29-13-7-8-14(20)16(9-13)30(27,28)26-12-5-3-11(4-6-12)15-10-22-17-18(21)24-25-19(17)23-15/h3-10,26H,2H2,1H3,(H3,21,23,24,25). The van der Waals surface area contributed by atoms with Gasteiger partial charge in [-0.25, -0.2) is 18.4 Å². The van der Waals surface area contributed by atoms with Crippen LogP contribution in [0.3, 0.4) is 0 Å². The van der Waals surface area contributed by atoms with E-state index in [0.29, 0.717) is 34.9 Å². The predicted octanol–water partition coefficient (Wildman–Crippen LogP) is 3.46. The minimum absolute atomic E-state index is 0.0626. The maximum absolute atomic E-state index is 12.8. The van der Waals surface area contributed by atoms with Gasteiger partial charge in [0.05, 0.1) is 23.5 Å². The number of hydrogen-bond acceptors (Lipinski definition) is 7. The largest absolute Gasteiger partial charge is 0.494 e. The molecule has 11 heteroatoms. The number of nitrogen functional groups attached to an aromatic ring is 1. The van der Waals surface area contributed by atoms with Gasteiger partial charge < -0.3 is 10.5 Å². The molecule has 0 spiro atoms. The van der Waals surface area contributed by atoms with Crippen LogP contribution in [0.1, 0.15) is 6.92 Å². The minimum atomic E-state index is -3.91. The van der Waals surface area contributed by atoms with E-state index >= 15 is 0 Å². The first-order valence-corrected chi connectivity index (χ1v) is 10.8. The number of nitrogens with two attached hydrogens (primary N) is 1. The number of ether oxygens (including phenoxy) is 1. The lowest BCUT2D eigenvalue weighted by Crippen LogP contribution is -2.13. The lowest BCUT2D eigenvalue weighted by atomic mass is 10.1. The van der Waals surface area contributed by atoms with Gasteiger partial charge in [-0.1, -0.05) is 23.7 Å². The molecule has 0 radical (unpaired) electrons. The molecule has 154 valence electrons. The fourth-order valence-electron chi connectivity index (χ4n) is 2.82. The molecule has 0 bridgehead atoms. The molecule has 9 nitrogen and oxygen atoms in total. The van der Waals surface area contributed by atoms with Crippen LogP contribution in [0, 0.1) is 0 Å². The summed E-state index contributed by atoms with van der Waals surface area (Å²) >= 11 is 6.09. The van der Waals surface area contributed by atoms with Gasteiger partial charge in [-0.05, 0) is 31.2 Å². The monoisotopic (exact) mass is 444 g/mol. The first kappa shape index (κ1) is 19.9. The van der Waals surface area contributed by atoms with Gasteiger partial charge in [0, 0.05) is 17.3 Å². The fraction of sp³-hybridized carbons (Fsp3) is 0.105. The third-order valence-electron chi connectivity index (χ3n) is 4.23. The minimum Gasteiger partial charge on any atom is -0.494 e. The number of sulfonamides is 1. The smallest absolute Gasteiger partial charge is 0.263 e. The van der Waals surface area contributed by atoms with Gasteiger partial charge in [-0.2, -0.15) is 5.10 Å². The van der Waals surface area contributed by atoms with Crippen molar-refractivity contribution in [1.82, 2.24) is 20.2 Å². The Morgan fingerprint density at radius 1 is 1.20 bits per heavy atom. The summed E-state index contributed by atoms with van der Waals surface area (Å²) in [6.07, 6.45) is 1.58. The van der Waals surface area contributed by atoms with E-state index in [1.165, 1.54) is 12.1 Å². The van der Waals surface area contributed by atoms with Gasteiger partial charge in [0.15, 0.2) is 17.0 Å². The zero-order chi connectivity index (χ0) is 21.3. The van der Waals surface area contributed by atoms with E-state index in [9.17, 15) is 8.42 Å². The van der Waals surface area contributed by atoms with Crippen molar-refractivity contribution in [3.05, 3.63) is 53.7 Å². The molecule has 2 aromatic carbocycles. The Kier molecular flexibility index (Phi) is 5.18. The van der Waals surface area contributed by atoms with E-state index in [0.717, 1.165) is 5.56 Å². The maximum atomic E-state index is 12.8. The molecular formula is C19H17ClN6O3S. The highest BCUT2D eigenvalue weighted by molar-refractivity contribution is 7.92. The molecule has 0 aliphatic rings. The number of anilines is 2. The molecule has 4 N–H and O–H groups in total. The molecule has 0 saturated heterocycles. The Morgan fingerprint density at radius 3 is 2.70 bits per heavy atom. The van der Waals surface area contributed by atoms with Crippen LogP contribution in [-0.4, -0.2) is 35.2 Å². The fourth-order valence-corrected chi connectivity index (χ4v) is 4.40. The van der Waals surface area contributed by atoms with Crippen molar-refractivity contribution in [2.24, 2.45) is 0 Å². The number of rotatable bonds is 6. The number of hydrogen-bond donors (Lipinski definition) is 3.